The zero-order valence-corrected chi connectivity index (χ0v) is 15.6. The molecule has 140 valence electrons. The molecule has 1 aromatic carbocycles. The molecule has 2 aliphatic rings. The molecule has 27 heavy (non-hydrogen) atoms. The van der Waals surface area contributed by atoms with E-state index < -0.39 is 0 Å². The molecule has 7 nitrogen and oxygen atoms in total. The number of para-hydroxylation sites is 1. The Bertz CT molecular complexity index is 884. The van der Waals surface area contributed by atoms with Crippen molar-refractivity contribution < 1.29 is 9.59 Å². The van der Waals surface area contributed by atoms with Crippen LogP contribution in [0.15, 0.2) is 42.6 Å². The predicted octanol–water partition coefficient (Wildman–Crippen LogP) is 2.30. The van der Waals surface area contributed by atoms with Crippen LogP contribution in [-0.2, 0) is 4.79 Å². The summed E-state index contributed by atoms with van der Waals surface area (Å²) in [5, 5.41) is 2.86. The Hall–Kier alpha value is -2.77. The largest absolute Gasteiger partial charge is 0.319 e. The summed E-state index contributed by atoms with van der Waals surface area (Å²) in [4.78, 5) is 36.3. The minimum atomic E-state index is -0.237. The van der Waals surface area contributed by atoms with Crippen molar-refractivity contribution in [1.29, 1.82) is 0 Å². The maximum absolute atomic E-state index is 13.3. The van der Waals surface area contributed by atoms with Gasteiger partial charge in [-0.15, -0.1) is 0 Å². The van der Waals surface area contributed by atoms with Crippen molar-refractivity contribution in [3.8, 4) is 0 Å². The number of hydrogen-bond donors (Lipinski definition) is 1. The number of hydrogen-bond acceptors (Lipinski definition) is 5. The van der Waals surface area contributed by atoms with Gasteiger partial charge in [0.1, 0.15) is 0 Å². The van der Waals surface area contributed by atoms with Crippen LogP contribution in [0.1, 0.15) is 23.2 Å². The fourth-order valence-electron chi connectivity index (χ4n) is 3.93. The summed E-state index contributed by atoms with van der Waals surface area (Å²) in [5.74, 6) is 0.106. The molecular formula is C20H23N5O2. The molecule has 0 spiro atoms. The van der Waals surface area contributed by atoms with E-state index in [0.29, 0.717) is 22.8 Å². The average Bonchev–Trinajstić information content (AvgIpc) is 3.04. The molecule has 2 aromatic rings. The van der Waals surface area contributed by atoms with Crippen molar-refractivity contribution in [2.24, 2.45) is 0 Å². The van der Waals surface area contributed by atoms with Crippen molar-refractivity contribution in [2.75, 3.05) is 37.4 Å². The normalized spacial score (nSPS) is 19.4. The molecule has 1 aromatic heterocycles. The van der Waals surface area contributed by atoms with Gasteiger partial charge >= 0.3 is 0 Å². The molecule has 1 saturated heterocycles. The van der Waals surface area contributed by atoms with Crippen molar-refractivity contribution in [2.45, 2.75) is 19.0 Å². The lowest BCUT2D eigenvalue weighted by atomic mass is 10.1. The van der Waals surface area contributed by atoms with Crippen molar-refractivity contribution in [1.82, 2.24) is 14.8 Å². The van der Waals surface area contributed by atoms with E-state index in [1.807, 2.05) is 13.1 Å². The minimum absolute atomic E-state index is 0.110. The SMILES string of the molecule is CN1CCCC1N(C)CC(=O)N1c2ccccc2C(=O)Nc2cccnc21. The van der Waals surface area contributed by atoms with Gasteiger partial charge in [-0.25, -0.2) is 4.98 Å². The van der Waals surface area contributed by atoms with E-state index in [4.69, 9.17) is 0 Å². The van der Waals surface area contributed by atoms with Gasteiger partial charge in [-0.1, -0.05) is 12.1 Å². The number of rotatable bonds is 3. The summed E-state index contributed by atoms with van der Waals surface area (Å²) in [6.45, 7) is 1.28. The summed E-state index contributed by atoms with van der Waals surface area (Å²) >= 11 is 0. The summed E-state index contributed by atoms with van der Waals surface area (Å²) in [6, 6.07) is 10.7. The molecule has 3 heterocycles. The molecule has 0 radical (unpaired) electrons. The van der Waals surface area contributed by atoms with Crippen molar-refractivity contribution in [3.63, 3.8) is 0 Å². The number of benzene rings is 1. The van der Waals surface area contributed by atoms with E-state index in [1.165, 1.54) is 0 Å². The quantitative estimate of drug-likeness (QED) is 0.904. The molecule has 1 N–H and O–H groups in total. The Balaban J connectivity index is 1.71. The van der Waals surface area contributed by atoms with Crippen LogP contribution in [0.4, 0.5) is 17.2 Å². The second-order valence-electron chi connectivity index (χ2n) is 7.09. The molecule has 1 atom stereocenters. The zero-order chi connectivity index (χ0) is 19.0. The Morgan fingerprint density at radius 1 is 1.30 bits per heavy atom. The van der Waals surface area contributed by atoms with Gasteiger partial charge < -0.3 is 5.32 Å². The number of fused-ring (bicyclic) bond motifs is 2. The lowest BCUT2D eigenvalue weighted by molar-refractivity contribution is -0.119. The lowest BCUT2D eigenvalue weighted by Gasteiger charge is -2.31. The molecule has 7 heteroatoms. The van der Waals surface area contributed by atoms with Gasteiger partial charge in [0.05, 0.1) is 29.6 Å². The fraction of sp³-hybridized carbons (Fsp3) is 0.350. The maximum atomic E-state index is 13.3. The number of anilines is 3. The van der Waals surface area contributed by atoms with Crippen LogP contribution in [0.25, 0.3) is 0 Å². The lowest BCUT2D eigenvalue weighted by Crippen LogP contribution is -2.46. The topological polar surface area (TPSA) is 68.8 Å². The summed E-state index contributed by atoms with van der Waals surface area (Å²) < 4.78 is 0. The number of likely N-dealkylation sites (N-methyl/N-ethyl adjacent to an activating group) is 1. The van der Waals surface area contributed by atoms with Gasteiger partial charge in [0.25, 0.3) is 5.91 Å². The molecule has 0 aliphatic carbocycles. The Morgan fingerprint density at radius 3 is 2.89 bits per heavy atom. The number of nitrogens with one attached hydrogen (secondary N) is 1. The third-order valence-electron chi connectivity index (χ3n) is 5.26. The molecule has 0 bridgehead atoms. The van der Waals surface area contributed by atoms with E-state index in [2.05, 4.69) is 27.1 Å². The molecule has 2 aliphatic heterocycles. The number of amides is 2. The first-order chi connectivity index (χ1) is 13.1. The van der Waals surface area contributed by atoms with Crippen LogP contribution in [0.3, 0.4) is 0 Å². The summed E-state index contributed by atoms with van der Waals surface area (Å²) in [6.07, 6.45) is 4.06. The molecule has 1 unspecified atom stereocenters. The third kappa shape index (κ3) is 3.20. The zero-order valence-electron chi connectivity index (χ0n) is 15.6. The first-order valence-corrected chi connectivity index (χ1v) is 9.15. The van der Waals surface area contributed by atoms with E-state index >= 15 is 0 Å². The number of aromatic nitrogens is 1. The van der Waals surface area contributed by atoms with Gasteiger partial charge in [0.15, 0.2) is 5.82 Å². The first kappa shape index (κ1) is 17.6. The highest BCUT2D eigenvalue weighted by atomic mass is 16.2. The molecule has 2 amide bonds. The van der Waals surface area contributed by atoms with E-state index in [0.717, 1.165) is 19.4 Å². The van der Waals surface area contributed by atoms with Crippen LogP contribution in [-0.4, -0.2) is 59.9 Å². The van der Waals surface area contributed by atoms with Gasteiger partial charge in [0.2, 0.25) is 5.91 Å². The monoisotopic (exact) mass is 365 g/mol. The minimum Gasteiger partial charge on any atom is -0.319 e. The van der Waals surface area contributed by atoms with Crippen LogP contribution >= 0.6 is 0 Å². The second kappa shape index (κ2) is 7.09. The Morgan fingerprint density at radius 2 is 2.11 bits per heavy atom. The first-order valence-electron chi connectivity index (χ1n) is 9.15. The Labute approximate surface area is 158 Å². The number of carbonyl (C=O) groups excluding carboxylic acids is 2. The highest BCUT2D eigenvalue weighted by molar-refractivity contribution is 6.17. The smallest absolute Gasteiger partial charge is 0.257 e. The number of likely N-dealkylation sites (tertiary alicyclic amines) is 1. The molecule has 4 rings (SSSR count). The highest BCUT2D eigenvalue weighted by Gasteiger charge is 2.32. The van der Waals surface area contributed by atoms with Gasteiger partial charge in [-0.2, -0.15) is 0 Å². The van der Waals surface area contributed by atoms with Crippen LogP contribution in [0, 0.1) is 0 Å². The second-order valence-corrected chi connectivity index (χ2v) is 7.09. The van der Waals surface area contributed by atoms with Gasteiger partial charge in [-0.3, -0.25) is 24.3 Å². The highest BCUT2D eigenvalue weighted by Crippen LogP contribution is 2.36. The van der Waals surface area contributed by atoms with Gasteiger partial charge in [0, 0.05) is 6.20 Å². The Kier molecular flexibility index (Phi) is 4.63. The average molecular weight is 365 g/mol. The summed E-state index contributed by atoms with van der Waals surface area (Å²) in [5.41, 5.74) is 1.56. The molecule has 1 fully saturated rings. The predicted molar refractivity (Wildman–Crippen MR) is 104 cm³/mol. The van der Waals surface area contributed by atoms with Gasteiger partial charge in [-0.05, 0) is 57.7 Å². The fourth-order valence-corrected chi connectivity index (χ4v) is 3.93. The standard InChI is InChI=1S/C20H23N5O2/c1-23-12-6-10-17(23)24(2)13-18(26)25-16-9-4-3-7-14(16)20(27)22-15-8-5-11-21-19(15)25/h3-5,7-9,11,17H,6,10,12-13H2,1-2H3,(H,22,27). The number of pyridine rings is 1. The van der Waals surface area contributed by atoms with Crippen LogP contribution in [0.5, 0.6) is 0 Å². The maximum Gasteiger partial charge on any atom is 0.257 e. The number of nitrogens with zero attached hydrogens (tertiary/aromatic N) is 4. The van der Waals surface area contributed by atoms with E-state index in [1.54, 1.807) is 41.4 Å². The van der Waals surface area contributed by atoms with Crippen LogP contribution < -0.4 is 10.2 Å². The summed E-state index contributed by atoms with van der Waals surface area (Å²) in [7, 11) is 4.05. The van der Waals surface area contributed by atoms with Crippen molar-refractivity contribution >= 4 is 29.0 Å². The molecular weight excluding hydrogens is 342 g/mol. The van der Waals surface area contributed by atoms with Crippen LogP contribution in [0.2, 0.25) is 0 Å². The molecule has 0 saturated carbocycles. The third-order valence-corrected chi connectivity index (χ3v) is 5.26. The van der Waals surface area contributed by atoms with E-state index in [-0.39, 0.29) is 24.5 Å². The number of carbonyl (C=O) groups is 2. The van der Waals surface area contributed by atoms with Crippen molar-refractivity contribution in [3.05, 3.63) is 48.2 Å². The van der Waals surface area contributed by atoms with E-state index in [9.17, 15) is 9.59 Å².